The van der Waals surface area contributed by atoms with Crippen molar-refractivity contribution in [3.8, 4) is 17.2 Å². The number of nitrogens with zero attached hydrogens (tertiary/aromatic N) is 9. The van der Waals surface area contributed by atoms with Gasteiger partial charge in [0.05, 0.1) is 112 Å². The van der Waals surface area contributed by atoms with Gasteiger partial charge in [-0.05, 0) is 153 Å². The molecule has 0 saturated heterocycles. The van der Waals surface area contributed by atoms with Gasteiger partial charge in [0.2, 0.25) is 47.4 Å². The Hall–Kier alpha value is -17.5. The van der Waals surface area contributed by atoms with Gasteiger partial charge in [-0.15, -0.1) is 0 Å². The summed E-state index contributed by atoms with van der Waals surface area (Å²) in [5, 5.41) is 55.7. The summed E-state index contributed by atoms with van der Waals surface area (Å²) in [6, 6.07) is 48.8. The van der Waals surface area contributed by atoms with E-state index in [0.717, 1.165) is 11.3 Å². The van der Waals surface area contributed by atoms with Crippen molar-refractivity contribution in [2.75, 3.05) is 113 Å². The number of methoxy groups -OCH3 is 3. The lowest BCUT2D eigenvalue weighted by molar-refractivity contribution is -0.112. The third-order valence-electron chi connectivity index (χ3n) is 18.8. The number of carbonyl (C=O) groups is 8. The average molecular weight is 1850 g/mol. The number of aromatic nitrogens is 11. The van der Waals surface area contributed by atoms with Gasteiger partial charge in [0, 0.05) is 74.6 Å². The molecule has 38 nitrogen and oxygen atoms in total. The minimum atomic E-state index is -0.346. The lowest BCUT2D eigenvalue weighted by Gasteiger charge is -2.15. The molecule has 8 aromatic carbocycles. The summed E-state index contributed by atoms with van der Waals surface area (Å²) in [5.74, 6) is 1.68. The molecule has 0 unspecified atom stereocenters. The number of benzene rings is 8. The number of nitrogens with one attached hydrogen (secondary N) is 18. The third-order valence-corrected chi connectivity index (χ3v) is 19.7. The lowest BCUT2D eigenvalue weighted by Crippen LogP contribution is -2.19. The van der Waals surface area contributed by atoms with Crippen molar-refractivity contribution in [1.82, 2.24) is 76.3 Å². The fraction of sp³-hybridized carbons (Fsp3) is 0.0978. The van der Waals surface area contributed by atoms with Crippen LogP contribution in [0.15, 0.2) is 239 Å². The highest BCUT2D eigenvalue weighted by Crippen LogP contribution is 2.39. The van der Waals surface area contributed by atoms with Crippen molar-refractivity contribution in [2.45, 2.75) is 13.8 Å². The number of ether oxygens (including phenoxy) is 3. The van der Waals surface area contributed by atoms with E-state index in [1.807, 2.05) is 26.0 Å². The summed E-state index contributed by atoms with van der Waals surface area (Å²) < 4.78 is 16.3. The predicted octanol–water partition coefficient (Wildman–Crippen LogP) is 16.8. The number of para-hydroxylation sites is 4. The summed E-state index contributed by atoms with van der Waals surface area (Å²) in [6.07, 6.45) is 9.24. The highest BCUT2D eigenvalue weighted by molar-refractivity contribution is 6.36. The minimum Gasteiger partial charge on any atom is -0.495 e. The quantitative estimate of drug-likeness (QED) is 0.0179. The molecule has 0 radical (unpaired) electrons. The maximum Gasteiger partial charge on any atom is 0.253 e. The highest BCUT2D eigenvalue weighted by atomic mass is 35.5. The monoisotopic (exact) mass is 1850 g/mol. The molecule has 14 rings (SSSR count). The van der Waals surface area contributed by atoms with Gasteiger partial charge in [-0.25, -0.2) is 9.97 Å². The van der Waals surface area contributed by atoms with E-state index in [9.17, 15) is 38.4 Å². The number of halogens is 3. The summed E-state index contributed by atoms with van der Waals surface area (Å²) >= 11 is 18.9. The molecular weight excluding hydrogens is 1770 g/mol. The zero-order valence-electron chi connectivity index (χ0n) is 72.7. The maximum absolute atomic E-state index is 12.3. The highest BCUT2D eigenvalue weighted by Gasteiger charge is 2.23. The molecule has 6 heterocycles. The molecule has 0 bridgehead atoms. The molecule has 0 aliphatic carbocycles. The van der Waals surface area contributed by atoms with Gasteiger partial charge in [-0.3, -0.25) is 43.5 Å². The molecular formula is C92H88Cl3N27O11. The van der Waals surface area contributed by atoms with Crippen LogP contribution in [0, 0.1) is 13.8 Å². The molecule has 0 saturated carbocycles. The van der Waals surface area contributed by atoms with Gasteiger partial charge >= 0.3 is 0 Å². The number of aromatic amines is 2. The molecule has 0 fully saturated rings. The fourth-order valence-electron chi connectivity index (χ4n) is 12.3. The number of fused-ring (bicyclic) bond motifs is 2. The Morgan fingerprint density at radius 2 is 0.699 bits per heavy atom. The number of hydrogen-bond donors (Lipinski definition) is 18. The van der Waals surface area contributed by atoms with E-state index in [1.165, 1.54) is 58.0 Å². The van der Waals surface area contributed by atoms with Gasteiger partial charge < -0.3 is 104 Å². The first-order chi connectivity index (χ1) is 64.2. The smallest absolute Gasteiger partial charge is 0.253 e. The Kier molecular flexibility index (Phi) is 33.1. The van der Waals surface area contributed by atoms with Crippen LogP contribution in [0.5, 0.6) is 17.2 Å². The average Bonchev–Trinajstić information content (AvgIpc) is 1.66. The fourth-order valence-corrected chi connectivity index (χ4v) is 12.8. The van der Waals surface area contributed by atoms with E-state index in [-0.39, 0.29) is 70.1 Å². The first kappa shape index (κ1) is 96.1. The Labute approximate surface area is 776 Å². The van der Waals surface area contributed by atoms with Crippen LogP contribution in [-0.4, -0.2) is 152 Å². The van der Waals surface area contributed by atoms with Crippen LogP contribution >= 0.6 is 34.8 Å². The Morgan fingerprint density at radius 3 is 1.11 bits per heavy atom. The molecule has 8 amide bonds. The molecule has 0 aliphatic rings. The molecule has 41 heteroatoms. The number of aryl methyl sites for hydroxylation is 2. The van der Waals surface area contributed by atoms with Gasteiger partial charge in [-0.1, -0.05) is 116 Å². The van der Waals surface area contributed by atoms with Crippen molar-refractivity contribution in [1.29, 1.82) is 0 Å². The van der Waals surface area contributed by atoms with Crippen molar-refractivity contribution in [2.24, 2.45) is 0 Å². The van der Waals surface area contributed by atoms with E-state index in [2.05, 4.69) is 166 Å². The molecule has 18 N–H and O–H groups in total. The van der Waals surface area contributed by atoms with Crippen LogP contribution in [0.3, 0.4) is 0 Å². The minimum absolute atomic E-state index is 0.224. The Morgan fingerprint density at radius 1 is 0.353 bits per heavy atom. The summed E-state index contributed by atoms with van der Waals surface area (Å²) in [6.45, 7) is 17.6. The summed E-state index contributed by atoms with van der Waals surface area (Å²) in [5.41, 5.74) is 11.1. The summed E-state index contributed by atoms with van der Waals surface area (Å²) in [4.78, 5) is 134. The van der Waals surface area contributed by atoms with Crippen LogP contribution in [-0.2, 0) is 19.2 Å². The summed E-state index contributed by atoms with van der Waals surface area (Å²) in [7, 11) is 10.8. The lowest BCUT2D eigenvalue weighted by atomic mass is 10.1. The second-order valence-corrected chi connectivity index (χ2v) is 28.7. The van der Waals surface area contributed by atoms with Crippen molar-refractivity contribution >= 4 is 219 Å². The SMILES string of the molecule is C=CC(=O)Nc1ccc(C)c(Nc2ncc(Cl)c(Nc3ccccc3C(=O)NC)n2)c1.C=CC(=O)Nc1ccc(Nc2ncc(Cl)c(Nc3ccccc3C(=O)NC)n2)c(OC)c1.C=CC(=O)Nc1ccc(OC)c(Nc2nc(Nc3ccccc3C(=O)NC)c3c(C)[nH]nc3n2)c1.C=CC(=O)Nc1ccc(OC)c(Nc2nc(Nc3ccccc3C(=O)NC)c3c(Cl)c[nH]c3n2)c1. The number of amides is 8. The van der Waals surface area contributed by atoms with Crippen molar-refractivity contribution in [3.05, 3.63) is 288 Å². The van der Waals surface area contributed by atoms with Crippen LogP contribution < -0.4 is 99.3 Å². The molecule has 133 heavy (non-hydrogen) atoms. The van der Waals surface area contributed by atoms with Gasteiger partial charge in [0.1, 0.15) is 44.6 Å². The van der Waals surface area contributed by atoms with E-state index in [1.54, 1.807) is 192 Å². The Balaban J connectivity index is 0.000000171. The normalized spacial score (nSPS) is 10.3. The molecule has 0 atom stereocenters. The first-order valence-corrected chi connectivity index (χ1v) is 41.0. The molecule has 678 valence electrons. The zero-order valence-corrected chi connectivity index (χ0v) is 75.0. The number of carbonyl (C=O) groups excluding carboxylic acids is 8. The second-order valence-electron chi connectivity index (χ2n) is 27.5. The molecule has 0 spiro atoms. The van der Waals surface area contributed by atoms with Crippen LogP contribution in [0.4, 0.5) is 115 Å². The Bertz CT molecular complexity index is 6550. The third kappa shape index (κ3) is 25.0. The topological polar surface area (TPSA) is 504 Å². The van der Waals surface area contributed by atoms with Crippen LogP contribution in [0.2, 0.25) is 15.1 Å². The van der Waals surface area contributed by atoms with Gasteiger partial charge in [0.25, 0.3) is 23.6 Å². The van der Waals surface area contributed by atoms with E-state index in [0.29, 0.717) is 169 Å². The van der Waals surface area contributed by atoms with E-state index < -0.39 is 0 Å². The first-order valence-electron chi connectivity index (χ1n) is 39.8. The molecule has 6 aromatic heterocycles. The molecule has 14 aromatic rings. The van der Waals surface area contributed by atoms with Crippen LogP contribution in [0.25, 0.3) is 22.1 Å². The largest absolute Gasteiger partial charge is 0.495 e. The predicted molar refractivity (Wildman–Crippen MR) is 520 cm³/mol. The standard InChI is InChI=1S/C24H22ClN7O3.C24H24N8O3.C22H21ClN6O3.C22H21ClN6O2/c1-4-19(33)28-13-9-10-18(35-3)17(11-13)30-24-31-21-20(15(25)12-27-21)22(32-24)29-16-8-6-5-7-14(16)23(34)26-2;1-5-19(33)26-14-10-11-18(35-4)17(12-14)28-24-29-21(20-13(2)31-32-22(20)30-24)27-16-9-7-6-8-15(16)23(34)25-3;1-4-19(30)26-13-9-10-17(18(11-13)32-3)28-22-25-12-15(23)20(29-22)27-16-8-6-5-7-14(16)21(31)24-2;1-4-19(30)26-14-10-9-13(2)18(11-14)28-22-25-12-16(23)20(29-22)27-17-8-6-5-7-15(17)21(31)24-3/h4-12H,1H2,2-3H3,(H,26,34)(H,28,33)(H3,27,29,30,31,32);5-12H,1H2,2-4H3,(H,25,34)(H,26,33)(H3,27,28,29,30,31,32);4-12H,1H2,2-3H3,(H,24,31)(H,26,30)(H2,25,27,28,29);4-12H,1H2,2-3H3,(H,24,31)(H,26,30)(H2,25,27,28,29). The number of hydrogen-bond acceptors (Lipinski definition) is 28. The second kappa shape index (κ2) is 45.8. The van der Waals surface area contributed by atoms with Crippen molar-refractivity contribution in [3.63, 3.8) is 0 Å². The van der Waals surface area contributed by atoms with Crippen molar-refractivity contribution < 1.29 is 52.6 Å². The zero-order chi connectivity index (χ0) is 95.4. The molecule has 0 aliphatic heterocycles. The van der Waals surface area contributed by atoms with E-state index in [4.69, 9.17) is 49.0 Å². The van der Waals surface area contributed by atoms with Crippen LogP contribution in [0.1, 0.15) is 52.7 Å². The van der Waals surface area contributed by atoms with Gasteiger partial charge in [0.15, 0.2) is 17.3 Å². The van der Waals surface area contributed by atoms with Gasteiger partial charge in [-0.2, -0.15) is 35.0 Å². The van der Waals surface area contributed by atoms with E-state index >= 15 is 0 Å². The maximum atomic E-state index is 12.3. The number of H-pyrrole nitrogens is 2. The number of anilines is 20. The number of rotatable bonds is 31.